The van der Waals surface area contributed by atoms with Gasteiger partial charge in [0.1, 0.15) is 11.2 Å². The number of benzene rings is 9. The van der Waals surface area contributed by atoms with Gasteiger partial charge >= 0.3 is 0 Å². The molecule has 0 aliphatic rings. The predicted molar refractivity (Wildman–Crippen MR) is 227 cm³/mol. The van der Waals surface area contributed by atoms with Crippen LogP contribution in [0.5, 0.6) is 0 Å². The van der Waals surface area contributed by atoms with E-state index >= 15 is 0 Å². The van der Waals surface area contributed by atoms with E-state index in [1.165, 1.54) is 32.3 Å². The molecule has 0 saturated heterocycles. The number of hydrogen-bond acceptors (Lipinski definition) is 4. The van der Waals surface area contributed by atoms with Gasteiger partial charge in [0.25, 0.3) is 0 Å². The molecule has 2 aromatic heterocycles. The van der Waals surface area contributed by atoms with Crippen molar-refractivity contribution in [2.24, 2.45) is 0 Å². The zero-order chi connectivity index (χ0) is 36.3. The summed E-state index contributed by atoms with van der Waals surface area (Å²) < 4.78 is 6.64. The van der Waals surface area contributed by atoms with E-state index in [0.29, 0.717) is 17.5 Å². The third-order valence-corrected chi connectivity index (χ3v) is 10.7. The maximum Gasteiger partial charge on any atom is 0.164 e. The maximum atomic E-state index is 6.64. The first kappa shape index (κ1) is 31.1. The number of aromatic nitrogens is 3. The van der Waals surface area contributed by atoms with Gasteiger partial charge in [0.05, 0.1) is 0 Å². The van der Waals surface area contributed by atoms with Gasteiger partial charge in [-0.3, -0.25) is 0 Å². The molecule has 0 spiro atoms. The lowest BCUT2D eigenvalue weighted by Crippen LogP contribution is -2.00. The Morgan fingerprint density at radius 2 is 0.655 bits per heavy atom. The Bertz CT molecular complexity index is 3260. The fourth-order valence-electron chi connectivity index (χ4n) is 8.01. The summed E-state index contributed by atoms with van der Waals surface area (Å²) in [6, 6.07) is 65.7. The van der Waals surface area contributed by atoms with Gasteiger partial charge in [-0.05, 0) is 91.0 Å². The highest BCUT2D eigenvalue weighted by atomic mass is 16.3. The molecule has 9 aromatic carbocycles. The predicted octanol–water partition coefficient (Wildman–Crippen LogP) is 13.6. The van der Waals surface area contributed by atoms with Gasteiger partial charge in [-0.2, -0.15) is 0 Å². The SMILES string of the molecule is c1ccc(-c2cccc(-c3nc(-c4ccccc4)nc(-c4cccc(-c5ccc6c(c5)oc5cc7c8ccccc8c8ccccc8c7cc56)c4)n3)c2)cc1. The monoisotopic (exact) mass is 701 g/mol. The first-order chi connectivity index (χ1) is 27.2. The molecule has 0 fully saturated rings. The van der Waals surface area contributed by atoms with Crippen LogP contribution < -0.4 is 0 Å². The molecule has 256 valence electrons. The highest BCUT2D eigenvalue weighted by Crippen LogP contribution is 2.41. The number of rotatable bonds is 5. The third-order valence-electron chi connectivity index (χ3n) is 10.7. The Kier molecular flexibility index (Phi) is 7.14. The summed E-state index contributed by atoms with van der Waals surface area (Å²) in [7, 11) is 0. The molecule has 4 heteroatoms. The van der Waals surface area contributed by atoms with Crippen LogP contribution in [0.15, 0.2) is 192 Å². The van der Waals surface area contributed by atoms with E-state index in [9.17, 15) is 0 Å². The largest absolute Gasteiger partial charge is 0.456 e. The first-order valence-corrected chi connectivity index (χ1v) is 18.5. The minimum atomic E-state index is 0.617. The van der Waals surface area contributed by atoms with Crippen molar-refractivity contribution in [2.75, 3.05) is 0 Å². The lowest BCUT2D eigenvalue weighted by atomic mass is 9.93. The number of fused-ring (bicyclic) bond motifs is 9. The van der Waals surface area contributed by atoms with Gasteiger partial charge in [-0.15, -0.1) is 0 Å². The van der Waals surface area contributed by atoms with E-state index in [4.69, 9.17) is 19.4 Å². The normalized spacial score (nSPS) is 11.6. The lowest BCUT2D eigenvalue weighted by Gasteiger charge is -2.10. The van der Waals surface area contributed by atoms with Crippen LogP contribution >= 0.6 is 0 Å². The lowest BCUT2D eigenvalue weighted by molar-refractivity contribution is 0.669. The summed E-state index contributed by atoms with van der Waals surface area (Å²) in [5.74, 6) is 1.88. The van der Waals surface area contributed by atoms with Gasteiger partial charge in [0.15, 0.2) is 17.5 Å². The second-order valence-corrected chi connectivity index (χ2v) is 14.0. The standard InChI is InChI=1S/C51H31N3O/c1-3-13-32(14-4-1)34-17-11-19-37(27-34)50-52-49(33-15-5-2-6-16-33)53-51(54-50)38-20-12-18-35(28-38)36-25-26-43-46-30-44-41-23-9-7-21-39(41)40-22-8-10-24-42(40)45(44)31-48(46)55-47(43)29-36/h1-31H. The van der Waals surface area contributed by atoms with E-state index in [0.717, 1.165) is 60.9 Å². The van der Waals surface area contributed by atoms with Gasteiger partial charge in [-0.1, -0.05) is 152 Å². The highest BCUT2D eigenvalue weighted by Gasteiger charge is 2.16. The van der Waals surface area contributed by atoms with Crippen molar-refractivity contribution in [3.05, 3.63) is 188 Å². The van der Waals surface area contributed by atoms with E-state index in [-0.39, 0.29) is 0 Å². The average Bonchev–Trinajstić information content (AvgIpc) is 3.63. The second kappa shape index (κ2) is 12.6. The van der Waals surface area contributed by atoms with Gasteiger partial charge < -0.3 is 4.42 Å². The van der Waals surface area contributed by atoms with Crippen LogP contribution in [0.3, 0.4) is 0 Å². The molecule has 0 N–H and O–H groups in total. The first-order valence-electron chi connectivity index (χ1n) is 18.5. The molecule has 0 unspecified atom stereocenters. The molecule has 0 aliphatic heterocycles. The molecule has 0 saturated carbocycles. The van der Waals surface area contributed by atoms with Crippen LogP contribution in [-0.2, 0) is 0 Å². The molecule has 0 atom stereocenters. The molecule has 11 rings (SSSR count). The second-order valence-electron chi connectivity index (χ2n) is 14.0. The molecule has 4 nitrogen and oxygen atoms in total. The van der Waals surface area contributed by atoms with E-state index < -0.39 is 0 Å². The number of furan rings is 1. The fraction of sp³-hybridized carbons (Fsp3) is 0. The molecule has 0 aliphatic carbocycles. The molecule has 2 heterocycles. The zero-order valence-electron chi connectivity index (χ0n) is 29.6. The summed E-state index contributed by atoms with van der Waals surface area (Å²) in [4.78, 5) is 15.1. The van der Waals surface area contributed by atoms with Crippen molar-refractivity contribution in [3.8, 4) is 56.4 Å². The van der Waals surface area contributed by atoms with Crippen LogP contribution in [0.4, 0.5) is 0 Å². The third kappa shape index (κ3) is 5.34. The average molecular weight is 702 g/mol. The molecular formula is C51H31N3O. The molecule has 0 amide bonds. The van der Waals surface area contributed by atoms with Crippen LogP contribution in [0.1, 0.15) is 0 Å². The summed E-state index contributed by atoms with van der Waals surface area (Å²) in [6.45, 7) is 0. The van der Waals surface area contributed by atoms with Crippen molar-refractivity contribution < 1.29 is 4.42 Å². The zero-order valence-corrected chi connectivity index (χ0v) is 29.6. The van der Waals surface area contributed by atoms with Crippen LogP contribution in [0, 0.1) is 0 Å². The maximum absolute atomic E-state index is 6.64. The molecule has 11 aromatic rings. The molecule has 55 heavy (non-hydrogen) atoms. The quantitative estimate of drug-likeness (QED) is 0.168. The van der Waals surface area contributed by atoms with Crippen LogP contribution in [0.25, 0.3) is 111 Å². The van der Waals surface area contributed by atoms with Gasteiger partial charge in [0.2, 0.25) is 0 Å². The van der Waals surface area contributed by atoms with Crippen molar-refractivity contribution in [1.82, 2.24) is 15.0 Å². The Labute approximate surface area is 317 Å². The Morgan fingerprint density at radius 1 is 0.236 bits per heavy atom. The van der Waals surface area contributed by atoms with E-state index in [2.05, 4.69) is 152 Å². The molecule has 0 radical (unpaired) electrons. The van der Waals surface area contributed by atoms with E-state index in [1.807, 2.05) is 36.4 Å². The van der Waals surface area contributed by atoms with Crippen molar-refractivity contribution in [1.29, 1.82) is 0 Å². The summed E-state index contributed by atoms with van der Waals surface area (Å²) in [5, 5.41) is 9.66. The topological polar surface area (TPSA) is 51.8 Å². The summed E-state index contributed by atoms with van der Waals surface area (Å²) in [6.07, 6.45) is 0. The van der Waals surface area contributed by atoms with Crippen molar-refractivity contribution in [3.63, 3.8) is 0 Å². The summed E-state index contributed by atoms with van der Waals surface area (Å²) >= 11 is 0. The Balaban J connectivity index is 1.03. The highest BCUT2D eigenvalue weighted by molar-refractivity contribution is 6.28. The number of nitrogens with zero attached hydrogens (tertiary/aromatic N) is 3. The van der Waals surface area contributed by atoms with Crippen LogP contribution in [-0.4, -0.2) is 15.0 Å². The Hall–Kier alpha value is -7.43. The minimum Gasteiger partial charge on any atom is -0.456 e. The van der Waals surface area contributed by atoms with Gasteiger partial charge in [-0.25, -0.2) is 15.0 Å². The fourth-order valence-corrected chi connectivity index (χ4v) is 8.01. The van der Waals surface area contributed by atoms with Crippen LogP contribution in [0.2, 0.25) is 0 Å². The summed E-state index contributed by atoms with van der Waals surface area (Å²) in [5.41, 5.74) is 8.88. The van der Waals surface area contributed by atoms with Crippen molar-refractivity contribution in [2.45, 2.75) is 0 Å². The van der Waals surface area contributed by atoms with E-state index in [1.54, 1.807) is 0 Å². The molecular weight excluding hydrogens is 671 g/mol. The van der Waals surface area contributed by atoms with Gasteiger partial charge in [0, 0.05) is 27.5 Å². The minimum absolute atomic E-state index is 0.617. The molecule has 0 bridgehead atoms. The van der Waals surface area contributed by atoms with Crippen molar-refractivity contribution >= 4 is 54.3 Å². The Morgan fingerprint density at radius 3 is 1.25 bits per heavy atom. The smallest absolute Gasteiger partial charge is 0.164 e. The number of hydrogen-bond donors (Lipinski definition) is 0.